The number of aliphatic carboxylic acids is 1. The summed E-state index contributed by atoms with van der Waals surface area (Å²) in [4.78, 5) is 45.2. The summed E-state index contributed by atoms with van der Waals surface area (Å²) in [5.41, 5.74) is 6.28. The molecule has 3 atom stereocenters. The molecule has 0 aliphatic carbocycles. The Hall–Kier alpha value is -5.24. The van der Waals surface area contributed by atoms with Crippen LogP contribution in [0.2, 0.25) is 0 Å². The van der Waals surface area contributed by atoms with Gasteiger partial charge in [0.2, 0.25) is 5.91 Å². The van der Waals surface area contributed by atoms with E-state index in [1.54, 1.807) is 31.2 Å². The summed E-state index contributed by atoms with van der Waals surface area (Å²) in [5.74, 6) is -4.17. The molecular formula is C35H37FN4O8S. The number of esters is 1. The summed E-state index contributed by atoms with van der Waals surface area (Å²) in [6, 6.07) is 11.8. The molecule has 1 fully saturated rings. The fraction of sp³-hybridized carbons (Fsp3) is 0.314. The second-order valence-electron chi connectivity index (χ2n) is 11.9. The average Bonchev–Trinajstić information content (AvgIpc) is 3.53. The van der Waals surface area contributed by atoms with Crippen LogP contribution in [0.15, 0.2) is 71.8 Å². The Kier molecular flexibility index (Phi) is 10.1. The van der Waals surface area contributed by atoms with E-state index < -0.39 is 56.8 Å². The van der Waals surface area contributed by atoms with E-state index in [0.717, 1.165) is 7.11 Å². The van der Waals surface area contributed by atoms with E-state index in [0.29, 0.717) is 28.0 Å². The molecule has 0 bridgehead atoms. The molecule has 1 amide bonds. The molecule has 1 aliphatic rings. The number of ether oxygens (including phenoxy) is 2. The first kappa shape index (κ1) is 35.1. The SMILES string of the molecule is CCOc1ccc(F)c([C@@H](Nc2ccc3c(N)nccc3c2)C(=O)N2CC[C@@H](C(=O)O)[C@H]2c2cc(C(=O)OC)ccc2S(=O)(=O)C(C)C)c1. The van der Waals surface area contributed by atoms with E-state index in [1.807, 2.05) is 0 Å². The number of nitrogen functional groups attached to an aromatic ring is 1. The van der Waals surface area contributed by atoms with Crippen molar-refractivity contribution < 1.29 is 41.8 Å². The number of nitrogens with one attached hydrogen (secondary N) is 1. The molecule has 0 radical (unpaired) electrons. The minimum Gasteiger partial charge on any atom is -0.494 e. The third-order valence-electron chi connectivity index (χ3n) is 8.62. The van der Waals surface area contributed by atoms with Gasteiger partial charge in [0, 0.05) is 29.4 Å². The van der Waals surface area contributed by atoms with Gasteiger partial charge in [0.05, 0.1) is 41.4 Å². The van der Waals surface area contributed by atoms with Gasteiger partial charge in [-0.2, -0.15) is 0 Å². The zero-order valence-corrected chi connectivity index (χ0v) is 28.2. The van der Waals surface area contributed by atoms with Crippen LogP contribution in [0.5, 0.6) is 5.75 Å². The lowest BCUT2D eigenvalue weighted by Gasteiger charge is -2.33. The van der Waals surface area contributed by atoms with Crippen LogP contribution in [-0.2, 0) is 24.2 Å². The summed E-state index contributed by atoms with van der Waals surface area (Å²) in [6.07, 6.45) is 1.49. The first-order valence-electron chi connectivity index (χ1n) is 15.6. The number of carbonyl (C=O) groups is 3. The molecule has 3 aromatic carbocycles. The Balaban J connectivity index is 1.69. The molecule has 1 saturated heterocycles. The van der Waals surface area contributed by atoms with Gasteiger partial charge in [0.15, 0.2) is 9.84 Å². The van der Waals surface area contributed by atoms with Gasteiger partial charge < -0.3 is 30.5 Å². The normalized spacial score (nSPS) is 16.8. The number of rotatable bonds is 11. The number of hydrogen-bond donors (Lipinski definition) is 3. The summed E-state index contributed by atoms with van der Waals surface area (Å²) < 4.78 is 53.4. The van der Waals surface area contributed by atoms with Crippen LogP contribution in [0.3, 0.4) is 0 Å². The maximum atomic E-state index is 15.7. The number of sulfone groups is 1. The highest BCUT2D eigenvalue weighted by Crippen LogP contribution is 2.43. The topological polar surface area (TPSA) is 178 Å². The lowest BCUT2D eigenvalue weighted by atomic mass is 9.92. The van der Waals surface area contributed by atoms with E-state index in [1.165, 1.54) is 61.3 Å². The molecule has 12 nitrogen and oxygen atoms in total. The molecule has 258 valence electrons. The standard InChI is InChI=1S/C35H37FN4O8S/c1-5-48-23-8-10-28(36)26(18-23)30(39-22-7-9-24-20(16-22)12-14-38-32(24)37)33(41)40-15-13-25(34(42)43)31(40)27-17-21(35(44)47-4)6-11-29(27)49(45,46)19(2)3/h6-12,14,16-19,25,30-31,39H,5,13,15H2,1-4H3,(H2,37,38)(H,42,43)/t25-,30-,31+/m1/s1. The van der Waals surface area contributed by atoms with Crippen LogP contribution in [0.4, 0.5) is 15.9 Å². The van der Waals surface area contributed by atoms with Crippen molar-refractivity contribution in [2.24, 2.45) is 5.92 Å². The number of nitrogens with zero attached hydrogens (tertiary/aromatic N) is 2. The Morgan fingerprint density at radius 2 is 1.86 bits per heavy atom. The number of likely N-dealkylation sites (tertiary alicyclic amines) is 1. The Morgan fingerprint density at radius 3 is 2.53 bits per heavy atom. The van der Waals surface area contributed by atoms with Crippen molar-refractivity contribution >= 4 is 50.0 Å². The van der Waals surface area contributed by atoms with Crippen LogP contribution in [0, 0.1) is 11.7 Å². The highest BCUT2D eigenvalue weighted by molar-refractivity contribution is 7.92. The van der Waals surface area contributed by atoms with Gasteiger partial charge in [0.1, 0.15) is 23.4 Å². The summed E-state index contributed by atoms with van der Waals surface area (Å²) in [6.45, 7) is 4.87. The number of amides is 1. The summed E-state index contributed by atoms with van der Waals surface area (Å²) >= 11 is 0. The number of nitrogens with two attached hydrogens (primary N) is 1. The number of fused-ring (bicyclic) bond motifs is 1. The highest BCUT2D eigenvalue weighted by Gasteiger charge is 2.46. The largest absolute Gasteiger partial charge is 0.494 e. The van der Waals surface area contributed by atoms with E-state index >= 15 is 4.39 Å². The van der Waals surface area contributed by atoms with E-state index in [4.69, 9.17) is 15.2 Å². The first-order chi connectivity index (χ1) is 23.3. The fourth-order valence-electron chi connectivity index (χ4n) is 6.12. The van der Waals surface area contributed by atoms with Crippen molar-refractivity contribution in [2.45, 2.75) is 49.4 Å². The Morgan fingerprint density at radius 1 is 1.10 bits per heavy atom. The van der Waals surface area contributed by atoms with Gasteiger partial charge in [-0.3, -0.25) is 9.59 Å². The number of carboxylic acid groups (broad SMARTS) is 1. The average molecular weight is 693 g/mol. The third kappa shape index (κ3) is 6.86. The molecule has 1 aromatic heterocycles. The van der Waals surface area contributed by atoms with Crippen molar-refractivity contribution in [3.8, 4) is 5.75 Å². The zero-order valence-electron chi connectivity index (χ0n) is 27.3. The Bertz CT molecular complexity index is 2040. The van der Waals surface area contributed by atoms with E-state index in [2.05, 4.69) is 10.3 Å². The maximum absolute atomic E-state index is 15.7. The van der Waals surface area contributed by atoms with Crippen molar-refractivity contribution in [2.75, 3.05) is 31.3 Å². The molecule has 49 heavy (non-hydrogen) atoms. The number of pyridine rings is 1. The zero-order chi connectivity index (χ0) is 35.6. The minimum absolute atomic E-state index is 0.0290. The molecule has 14 heteroatoms. The van der Waals surface area contributed by atoms with E-state index in [9.17, 15) is 27.9 Å². The minimum atomic E-state index is -4.05. The quantitative estimate of drug-likeness (QED) is 0.177. The molecule has 2 heterocycles. The lowest BCUT2D eigenvalue weighted by molar-refractivity contribution is -0.143. The molecule has 4 N–H and O–H groups in total. The van der Waals surface area contributed by atoms with Crippen molar-refractivity contribution in [3.05, 3.63) is 89.4 Å². The first-order valence-corrected chi connectivity index (χ1v) is 17.2. The number of hydrogen-bond acceptors (Lipinski definition) is 10. The Labute approximate surface area is 282 Å². The summed E-state index contributed by atoms with van der Waals surface area (Å²) in [5, 5.41) is 13.9. The van der Waals surface area contributed by atoms with Crippen LogP contribution < -0.4 is 15.8 Å². The number of carbonyl (C=O) groups excluding carboxylic acids is 2. The number of aromatic nitrogens is 1. The van der Waals surface area contributed by atoms with Gasteiger partial charge in [-0.15, -0.1) is 0 Å². The predicted octanol–water partition coefficient (Wildman–Crippen LogP) is 5.15. The highest BCUT2D eigenvalue weighted by atomic mass is 32.2. The second-order valence-corrected chi connectivity index (χ2v) is 14.3. The van der Waals surface area contributed by atoms with Gasteiger partial charge in [-0.05, 0) is 98.8 Å². The van der Waals surface area contributed by atoms with Crippen LogP contribution in [0.25, 0.3) is 10.8 Å². The number of anilines is 2. The monoisotopic (exact) mass is 692 g/mol. The van der Waals surface area contributed by atoms with Crippen LogP contribution >= 0.6 is 0 Å². The molecule has 0 saturated carbocycles. The molecule has 0 spiro atoms. The number of carboxylic acids is 1. The molecule has 5 rings (SSSR count). The predicted molar refractivity (Wildman–Crippen MR) is 180 cm³/mol. The molecule has 0 unspecified atom stereocenters. The van der Waals surface area contributed by atoms with Gasteiger partial charge in [-0.25, -0.2) is 22.6 Å². The van der Waals surface area contributed by atoms with Crippen LogP contribution in [0.1, 0.15) is 60.8 Å². The van der Waals surface area contributed by atoms with Gasteiger partial charge in [-0.1, -0.05) is 0 Å². The fourth-order valence-corrected chi connectivity index (χ4v) is 7.39. The maximum Gasteiger partial charge on any atom is 0.337 e. The number of benzene rings is 3. The van der Waals surface area contributed by atoms with Gasteiger partial charge >= 0.3 is 11.9 Å². The summed E-state index contributed by atoms with van der Waals surface area (Å²) in [7, 11) is -2.89. The molecule has 4 aromatic rings. The second kappa shape index (κ2) is 14.1. The molecule has 1 aliphatic heterocycles. The smallest absolute Gasteiger partial charge is 0.337 e. The lowest BCUT2D eigenvalue weighted by Crippen LogP contribution is -2.40. The number of halogens is 1. The van der Waals surface area contributed by atoms with E-state index in [-0.39, 0.29) is 41.2 Å². The van der Waals surface area contributed by atoms with Crippen molar-refractivity contribution in [1.29, 1.82) is 0 Å². The third-order valence-corrected chi connectivity index (χ3v) is 10.8. The van der Waals surface area contributed by atoms with Crippen molar-refractivity contribution in [1.82, 2.24) is 9.88 Å². The van der Waals surface area contributed by atoms with Gasteiger partial charge in [0.25, 0.3) is 0 Å². The molecular weight excluding hydrogens is 655 g/mol. The van der Waals surface area contributed by atoms with Crippen LogP contribution in [-0.4, -0.2) is 66.8 Å². The number of methoxy groups -OCH3 is 1. The van der Waals surface area contributed by atoms with Crippen molar-refractivity contribution in [3.63, 3.8) is 0 Å².